The molecule has 38 heavy (non-hydrogen) atoms. The molecule has 0 saturated heterocycles. The number of amides is 2. The van der Waals surface area contributed by atoms with Crippen LogP contribution in [0.25, 0.3) is 6.08 Å². The maximum Gasteiger partial charge on any atom is 0.269 e. The molecule has 1 heterocycles. The highest BCUT2D eigenvalue weighted by molar-refractivity contribution is 7.09. The van der Waals surface area contributed by atoms with Crippen LogP contribution < -0.4 is 0 Å². The van der Waals surface area contributed by atoms with Crippen molar-refractivity contribution in [1.29, 1.82) is 0 Å². The summed E-state index contributed by atoms with van der Waals surface area (Å²) in [4.78, 5) is 41.9. The van der Waals surface area contributed by atoms with Crippen LogP contribution in [0.15, 0.2) is 72.1 Å². The minimum Gasteiger partial charge on any atom is -0.332 e. The highest BCUT2D eigenvalue weighted by Gasteiger charge is 2.28. The van der Waals surface area contributed by atoms with E-state index in [9.17, 15) is 24.1 Å². The Morgan fingerprint density at radius 1 is 1.00 bits per heavy atom. The van der Waals surface area contributed by atoms with E-state index in [0.29, 0.717) is 18.7 Å². The highest BCUT2D eigenvalue weighted by Crippen LogP contribution is 2.24. The number of non-ortho nitro benzene ring substituents is 1. The maximum atomic E-state index is 13.6. The third kappa shape index (κ3) is 7.58. The number of nitro groups is 1. The van der Waals surface area contributed by atoms with Crippen LogP contribution in [0.2, 0.25) is 0 Å². The van der Waals surface area contributed by atoms with Crippen LogP contribution in [0.4, 0.5) is 10.1 Å². The Kier molecular flexibility index (Phi) is 9.37. The van der Waals surface area contributed by atoms with E-state index in [-0.39, 0.29) is 35.9 Å². The van der Waals surface area contributed by atoms with Gasteiger partial charge >= 0.3 is 0 Å². The second kappa shape index (κ2) is 13.1. The number of thiophene rings is 1. The Morgan fingerprint density at radius 3 is 2.34 bits per heavy atom. The Hall–Kier alpha value is -3.85. The molecule has 4 rings (SSSR count). The van der Waals surface area contributed by atoms with Crippen molar-refractivity contribution in [1.82, 2.24) is 9.80 Å². The van der Waals surface area contributed by atoms with Crippen LogP contribution in [0, 0.1) is 15.9 Å². The first kappa shape index (κ1) is 27.2. The van der Waals surface area contributed by atoms with E-state index in [1.807, 2.05) is 17.5 Å². The molecule has 1 saturated carbocycles. The average Bonchev–Trinajstić information content (AvgIpc) is 3.45. The van der Waals surface area contributed by atoms with Gasteiger partial charge in [-0.2, -0.15) is 0 Å². The molecule has 2 aromatic carbocycles. The molecule has 1 fully saturated rings. The van der Waals surface area contributed by atoms with Gasteiger partial charge in [0, 0.05) is 35.7 Å². The Balaban J connectivity index is 1.52. The lowest BCUT2D eigenvalue weighted by Crippen LogP contribution is -2.47. The predicted octanol–water partition coefficient (Wildman–Crippen LogP) is 6.20. The average molecular weight is 536 g/mol. The van der Waals surface area contributed by atoms with Crippen LogP contribution in [-0.4, -0.2) is 39.1 Å². The fourth-order valence-corrected chi connectivity index (χ4v) is 5.35. The first-order valence-corrected chi connectivity index (χ1v) is 13.5. The number of halogens is 1. The lowest BCUT2D eigenvalue weighted by molar-refractivity contribution is -0.384. The molecule has 7 nitrogen and oxygen atoms in total. The zero-order chi connectivity index (χ0) is 26.9. The molecular weight excluding hydrogens is 505 g/mol. The number of carbonyl (C=O) groups is 2. The molecule has 0 unspecified atom stereocenters. The second-order valence-corrected chi connectivity index (χ2v) is 10.4. The Bertz CT molecular complexity index is 1250. The van der Waals surface area contributed by atoms with Gasteiger partial charge < -0.3 is 9.80 Å². The van der Waals surface area contributed by atoms with Crippen LogP contribution in [0.5, 0.6) is 0 Å². The second-order valence-electron chi connectivity index (χ2n) is 9.40. The van der Waals surface area contributed by atoms with E-state index < -0.39 is 4.92 Å². The zero-order valence-corrected chi connectivity index (χ0v) is 21.8. The molecule has 9 heteroatoms. The molecule has 3 aromatic rings. The lowest BCUT2D eigenvalue weighted by atomic mass is 9.94. The first-order chi connectivity index (χ1) is 18.4. The summed E-state index contributed by atoms with van der Waals surface area (Å²) in [5.74, 6) is -0.773. The Morgan fingerprint density at radius 2 is 1.71 bits per heavy atom. The summed E-state index contributed by atoms with van der Waals surface area (Å²) in [6, 6.07) is 15.9. The minimum absolute atomic E-state index is 0.0186. The van der Waals surface area contributed by atoms with Gasteiger partial charge in [-0.1, -0.05) is 37.5 Å². The van der Waals surface area contributed by atoms with Gasteiger partial charge in [0.15, 0.2) is 0 Å². The normalized spacial score (nSPS) is 13.9. The van der Waals surface area contributed by atoms with Gasteiger partial charge in [0.2, 0.25) is 11.8 Å². The van der Waals surface area contributed by atoms with Crippen molar-refractivity contribution in [2.45, 2.75) is 51.2 Å². The predicted molar refractivity (Wildman–Crippen MR) is 146 cm³/mol. The standard InChI is InChI=1S/C29H30FN3O4S/c30-24-13-8-23(9-14-24)19-31(20-27-7-4-18-38-27)29(35)21-32(25-5-2-1-3-6-25)28(34)17-12-22-10-15-26(16-11-22)33(36)37/h4,7-18,25H,1-3,5-6,19-21H2. The van der Waals surface area contributed by atoms with Crippen molar-refractivity contribution >= 4 is 34.9 Å². The smallest absolute Gasteiger partial charge is 0.269 e. The lowest BCUT2D eigenvalue weighted by Gasteiger charge is -2.35. The van der Waals surface area contributed by atoms with Gasteiger partial charge in [-0.25, -0.2) is 4.39 Å². The molecule has 0 N–H and O–H groups in total. The first-order valence-electron chi connectivity index (χ1n) is 12.7. The van der Waals surface area contributed by atoms with Crippen LogP contribution in [0.3, 0.4) is 0 Å². The fraction of sp³-hybridized carbons (Fsp3) is 0.310. The maximum absolute atomic E-state index is 13.6. The van der Waals surface area contributed by atoms with Crippen LogP contribution >= 0.6 is 11.3 Å². The highest BCUT2D eigenvalue weighted by atomic mass is 32.1. The molecule has 0 spiro atoms. The summed E-state index contributed by atoms with van der Waals surface area (Å²) < 4.78 is 13.4. The summed E-state index contributed by atoms with van der Waals surface area (Å²) in [6.45, 7) is 0.655. The van der Waals surface area contributed by atoms with Gasteiger partial charge in [-0.15, -0.1) is 11.3 Å². The quantitative estimate of drug-likeness (QED) is 0.176. The molecule has 2 amide bonds. The van der Waals surface area contributed by atoms with Gasteiger partial charge in [0.05, 0.1) is 11.5 Å². The summed E-state index contributed by atoms with van der Waals surface area (Å²) in [7, 11) is 0. The largest absolute Gasteiger partial charge is 0.332 e. The molecule has 0 atom stereocenters. The number of rotatable bonds is 10. The molecule has 0 aliphatic heterocycles. The van der Waals surface area contributed by atoms with Gasteiger partial charge in [0.25, 0.3) is 5.69 Å². The summed E-state index contributed by atoms with van der Waals surface area (Å²) in [5.41, 5.74) is 1.45. The number of nitro benzene ring substituents is 1. The SMILES string of the molecule is O=C(CN(C(=O)C=Cc1ccc([N+](=O)[O-])cc1)C1CCCCC1)N(Cc1ccc(F)cc1)Cc1cccs1. The minimum atomic E-state index is -0.469. The van der Waals surface area contributed by atoms with Crippen molar-refractivity contribution in [3.63, 3.8) is 0 Å². The monoisotopic (exact) mass is 535 g/mol. The summed E-state index contributed by atoms with van der Waals surface area (Å²) >= 11 is 1.56. The summed E-state index contributed by atoms with van der Waals surface area (Å²) in [6.07, 6.45) is 7.86. The number of carbonyl (C=O) groups excluding carboxylic acids is 2. The molecule has 1 aliphatic rings. The number of hydrogen-bond donors (Lipinski definition) is 0. The molecular formula is C29H30FN3O4S. The molecule has 198 valence electrons. The van der Waals surface area contributed by atoms with E-state index in [1.165, 1.54) is 30.3 Å². The molecule has 0 radical (unpaired) electrons. The van der Waals surface area contributed by atoms with Gasteiger partial charge in [-0.05, 0) is 65.8 Å². The summed E-state index contributed by atoms with van der Waals surface area (Å²) in [5, 5.41) is 12.9. The van der Waals surface area contributed by atoms with Gasteiger partial charge in [0.1, 0.15) is 12.4 Å². The molecule has 1 aromatic heterocycles. The third-order valence-electron chi connectivity index (χ3n) is 6.69. The van der Waals surface area contributed by atoms with E-state index in [2.05, 4.69) is 0 Å². The van der Waals surface area contributed by atoms with E-state index in [4.69, 9.17) is 0 Å². The van der Waals surface area contributed by atoms with Crippen molar-refractivity contribution in [2.24, 2.45) is 0 Å². The van der Waals surface area contributed by atoms with Crippen molar-refractivity contribution in [3.05, 3.63) is 104 Å². The van der Waals surface area contributed by atoms with E-state index >= 15 is 0 Å². The molecule has 0 bridgehead atoms. The number of benzene rings is 2. The van der Waals surface area contributed by atoms with Gasteiger partial charge in [-0.3, -0.25) is 19.7 Å². The number of nitrogens with zero attached hydrogens (tertiary/aromatic N) is 3. The zero-order valence-electron chi connectivity index (χ0n) is 21.0. The van der Waals surface area contributed by atoms with Crippen molar-refractivity contribution < 1.29 is 18.9 Å². The van der Waals surface area contributed by atoms with Crippen molar-refractivity contribution in [3.8, 4) is 0 Å². The third-order valence-corrected chi connectivity index (χ3v) is 7.55. The number of hydrogen-bond acceptors (Lipinski definition) is 5. The molecule has 1 aliphatic carbocycles. The van der Waals surface area contributed by atoms with Crippen LogP contribution in [0.1, 0.15) is 48.1 Å². The van der Waals surface area contributed by atoms with E-state index in [0.717, 1.165) is 42.5 Å². The van der Waals surface area contributed by atoms with Crippen molar-refractivity contribution in [2.75, 3.05) is 6.54 Å². The Labute approximate surface area is 225 Å². The fourth-order valence-electron chi connectivity index (χ4n) is 4.63. The topological polar surface area (TPSA) is 83.8 Å². The van der Waals surface area contributed by atoms with Crippen LogP contribution in [-0.2, 0) is 22.7 Å². The van der Waals surface area contributed by atoms with E-state index in [1.54, 1.807) is 51.5 Å².